The van der Waals surface area contributed by atoms with Gasteiger partial charge in [0.25, 0.3) is 15.6 Å². The third-order valence-electron chi connectivity index (χ3n) is 3.57. The van der Waals surface area contributed by atoms with Crippen LogP contribution in [0.2, 0.25) is 0 Å². The Bertz CT molecular complexity index is 1100. The van der Waals surface area contributed by atoms with Crippen molar-refractivity contribution in [3.8, 4) is 0 Å². The van der Waals surface area contributed by atoms with E-state index in [9.17, 15) is 18.0 Å². The van der Waals surface area contributed by atoms with Crippen molar-refractivity contribution in [3.05, 3.63) is 92.8 Å². The van der Waals surface area contributed by atoms with Crippen LogP contribution in [0.1, 0.15) is 11.1 Å². The third kappa shape index (κ3) is 3.86. The van der Waals surface area contributed by atoms with Gasteiger partial charge in [-0.3, -0.25) is 14.5 Å². The summed E-state index contributed by atoms with van der Waals surface area (Å²) in [6.45, 7) is 0. The minimum atomic E-state index is -4.14. The van der Waals surface area contributed by atoms with Crippen LogP contribution in [0.15, 0.2) is 75.3 Å². The Labute approximate surface area is 143 Å². The Hall–Kier alpha value is -3.13. The van der Waals surface area contributed by atoms with Gasteiger partial charge in [-0.1, -0.05) is 48.5 Å². The number of rotatable bonds is 5. The van der Waals surface area contributed by atoms with Crippen LogP contribution < -0.4 is 16.0 Å². The summed E-state index contributed by atoms with van der Waals surface area (Å²) in [6, 6.07) is 16.5. The van der Waals surface area contributed by atoms with Crippen molar-refractivity contribution in [1.29, 1.82) is 0 Å². The van der Waals surface area contributed by atoms with Gasteiger partial charge in [0.05, 0.1) is 5.69 Å². The van der Waals surface area contributed by atoms with E-state index in [4.69, 9.17) is 0 Å². The monoisotopic (exact) mass is 357 g/mol. The molecule has 0 saturated carbocycles. The molecule has 8 heteroatoms. The molecule has 3 rings (SSSR count). The fraction of sp³-hybridized carbons (Fsp3) is 0.0588. The van der Waals surface area contributed by atoms with Crippen LogP contribution in [0.3, 0.4) is 0 Å². The molecule has 0 fully saturated rings. The second kappa shape index (κ2) is 6.78. The van der Waals surface area contributed by atoms with Crippen molar-refractivity contribution in [1.82, 2.24) is 9.97 Å². The van der Waals surface area contributed by atoms with Crippen LogP contribution in [0.5, 0.6) is 0 Å². The molecule has 128 valence electrons. The van der Waals surface area contributed by atoms with Crippen LogP contribution in [0.25, 0.3) is 0 Å². The summed E-state index contributed by atoms with van der Waals surface area (Å²) in [4.78, 5) is 26.3. The first kappa shape index (κ1) is 16.7. The predicted molar refractivity (Wildman–Crippen MR) is 94.2 cm³/mol. The number of sulfonamides is 1. The standard InChI is InChI=1S/C17H15N3O4S/c21-16-15(11-18-17(22)19-16)25(23,24)20-14-9-5-4-8-13(14)10-12-6-2-1-3-7-12/h1-9,11,20H,10H2,(H2,18,19,21,22). The molecule has 2 aromatic carbocycles. The second-order valence-electron chi connectivity index (χ2n) is 5.36. The van der Waals surface area contributed by atoms with Gasteiger partial charge in [-0.05, 0) is 23.6 Å². The van der Waals surface area contributed by atoms with Crippen molar-refractivity contribution in [3.63, 3.8) is 0 Å². The van der Waals surface area contributed by atoms with Crippen molar-refractivity contribution >= 4 is 15.7 Å². The highest BCUT2D eigenvalue weighted by atomic mass is 32.2. The third-order valence-corrected chi connectivity index (χ3v) is 4.94. The zero-order valence-corrected chi connectivity index (χ0v) is 13.8. The van der Waals surface area contributed by atoms with Gasteiger partial charge in [0.2, 0.25) is 0 Å². The minimum absolute atomic E-state index is 0.372. The van der Waals surface area contributed by atoms with E-state index in [1.807, 2.05) is 47.4 Å². The summed E-state index contributed by atoms with van der Waals surface area (Å²) in [5.74, 6) is 0. The molecule has 0 spiro atoms. The number of nitrogens with one attached hydrogen (secondary N) is 3. The van der Waals surface area contributed by atoms with Gasteiger partial charge in [-0.25, -0.2) is 13.2 Å². The lowest BCUT2D eigenvalue weighted by Crippen LogP contribution is -2.29. The summed E-state index contributed by atoms with van der Waals surface area (Å²) in [5.41, 5.74) is 0.413. The van der Waals surface area contributed by atoms with Gasteiger partial charge in [-0.2, -0.15) is 0 Å². The lowest BCUT2D eigenvalue weighted by Gasteiger charge is -2.12. The molecular formula is C17H15N3O4S. The van der Waals surface area contributed by atoms with E-state index in [-0.39, 0.29) is 0 Å². The van der Waals surface area contributed by atoms with Gasteiger partial charge < -0.3 is 4.98 Å². The average molecular weight is 357 g/mol. The number of aromatic nitrogens is 2. The molecule has 3 N–H and O–H groups in total. The summed E-state index contributed by atoms with van der Waals surface area (Å²) in [6.07, 6.45) is 1.41. The lowest BCUT2D eigenvalue weighted by molar-refractivity contribution is 0.599. The van der Waals surface area contributed by atoms with Crippen LogP contribution in [-0.2, 0) is 16.4 Å². The maximum absolute atomic E-state index is 12.5. The maximum Gasteiger partial charge on any atom is 0.325 e. The van der Waals surface area contributed by atoms with E-state index in [0.717, 1.165) is 17.3 Å². The second-order valence-corrected chi connectivity index (χ2v) is 7.01. The van der Waals surface area contributed by atoms with Crippen molar-refractivity contribution in [2.24, 2.45) is 0 Å². The first-order valence-electron chi connectivity index (χ1n) is 7.42. The number of hydrogen-bond donors (Lipinski definition) is 3. The molecule has 0 bridgehead atoms. The zero-order valence-electron chi connectivity index (χ0n) is 13.0. The van der Waals surface area contributed by atoms with Gasteiger partial charge in [0.1, 0.15) is 0 Å². The van der Waals surface area contributed by atoms with E-state index in [1.165, 1.54) is 0 Å². The SMILES string of the molecule is O=c1[nH]cc(S(=O)(=O)Nc2ccccc2Cc2ccccc2)c(=O)[nH]1. The molecule has 7 nitrogen and oxygen atoms in total. The summed E-state index contributed by atoms with van der Waals surface area (Å²) in [7, 11) is -4.14. The topological polar surface area (TPSA) is 112 Å². The molecule has 0 aliphatic rings. The highest BCUT2D eigenvalue weighted by Crippen LogP contribution is 2.21. The molecule has 0 amide bonds. The molecule has 1 aromatic heterocycles. The Morgan fingerprint density at radius 2 is 1.60 bits per heavy atom. The number of hydrogen-bond acceptors (Lipinski definition) is 4. The van der Waals surface area contributed by atoms with Crippen LogP contribution >= 0.6 is 0 Å². The molecule has 0 aliphatic heterocycles. The first-order valence-corrected chi connectivity index (χ1v) is 8.91. The van der Waals surface area contributed by atoms with E-state index in [0.29, 0.717) is 12.1 Å². The summed E-state index contributed by atoms with van der Waals surface area (Å²) < 4.78 is 27.4. The molecular weight excluding hydrogens is 342 g/mol. The minimum Gasteiger partial charge on any atom is -0.313 e. The van der Waals surface area contributed by atoms with E-state index in [1.54, 1.807) is 12.1 Å². The Morgan fingerprint density at radius 1 is 0.920 bits per heavy atom. The van der Waals surface area contributed by atoms with E-state index >= 15 is 0 Å². The fourth-order valence-corrected chi connectivity index (χ4v) is 3.49. The predicted octanol–water partition coefficient (Wildman–Crippen LogP) is 1.45. The van der Waals surface area contributed by atoms with Gasteiger partial charge in [-0.15, -0.1) is 0 Å². The van der Waals surface area contributed by atoms with Gasteiger partial charge in [0, 0.05) is 6.20 Å². The first-order chi connectivity index (χ1) is 12.0. The highest BCUT2D eigenvalue weighted by molar-refractivity contribution is 7.92. The maximum atomic E-state index is 12.5. The highest BCUT2D eigenvalue weighted by Gasteiger charge is 2.20. The Kier molecular flexibility index (Phi) is 4.53. The zero-order chi connectivity index (χ0) is 17.9. The summed E-state index contributed by atoms with van der Waals surface area (Å²) >= 11 is 0. The Balaban J connectivity index is 1.95. The molecule has 0 aliphatic carbocycles. The van der Waals surface area contributed by atoms with Crippen LogP contribution in [0, 0.1) is 0 Å². The molecule has 0 unspecified atom stereocenters. The Morgan fingerprint density at radius 3 is 2.32 bits per heavy atom. The summed E-state index contributed by atoms with van der Waals surface area (Å²) in [5, 5.41) is 0. The number of benzene rings is 2. The smallest absolute Gasteiger partial charge is 0.313 e. The normalized spacial score (nSPS) is 11.2. The van der Waals surface area contributed by atoms with Crippen molar-refractivity contribution in [2.75, 3.05) is 4.72 Å². The van der Waals surface area contributed by atoms with E-state index in [2.05, 4.69) is 9.71 Å². The van der Waals surface area contributed by atoms with Crippen LogP contribution in [-0.4, -0.2) is 18.4 Å². The molecule has 0 atom stereocenters. The van der Waals surface area contributed by atoms with Gasteiger partial charge >= 0.3 is 5.69 Å². The van der Waals surface area contributed by atoms with Crippen molar-refractivity contribution in [2.45, 2.75) is 11.3 Å². The number of para-hydroxylation sites is 1. The van der Waals surface area contributed by atoms with Crippen LogP contribution in [0.4, 0.5) is 5.69 Å². The molecule has 0 radical (unpaired) electrons. The molecule has 3 aromatic rings. The number of aromatic amines is 2. The molecule has 1 heterocycles. The largest absolute Gasteiger partial charge is 0.325 e. The average Bonchev–Trinajstić information content (AvgIpc) is 2.57. The van der Waals surface area contributed by atoms with E-state index < -0.39 is 26.2 Å². The van der Waals surface area contributed by atoms with Gasteiger partial charge in [0.15, 0.2) is 4.90 Å². The number of H-pyrrole nitrogens is 2. The van der Waals surface area contributed by atoms with Crippen molar-refractivity contribution < 1.29 is 8.42 Å². The lowest BCUT2D eigenvalue weighted by atomic mass is 10.0. The molecule has 25 heavy (non-hydrogen) atoms. The fourth-order valence-electron chi connectivity index (χ4n) is 2.39. The quantitative estimate of drug-likeness (QED) is 0.641. The molecule has 0 saturated heterocycles. The number of anilines is 1.